The van der Waals surface area contributed by atoms with Gasteiger partial charge in [0.2, 0.25) is 0 Å². The molecular weight excluding hydrogens is 256 g/mol. The minimum atomic E-state index is 0.348. The van der Waals surface area contributed by atoms with Crippen molar-refractivity contribution < 1.29 is 5.21 Å². The molecule has 1 aliphatic rings. The number of aryl methyl sites for hydroxylation is 1. The highest BCUT2D eigenvalue weighted by Crippen LogP contribution is 2.34. The summed E-state index contributed by atoms with van der Waals surface area (Å²) in [6.45, 7) is 2.41. The number of hydrogen-bond donors (Lipinski definition) is 1. The van der Waals surface area contributed by atoms with Crippen molar-refractivity contribution in [3.05, 3.63) is 59.7 Å². The van der Waals surface area contributed by atoms with Gasteiger partial charge in [0, 0.05) is 11.3 Å². The Hall–Kier alpha value is -1.91. The molecule has 0 saturated carbocycles. The van der Waals surface area contributed by atoms with E-state index >= 15 is 0 Å². The predicted molar refractivity (Wildman–Crippen MR) is 80.0 cm³/mol. The molecule has 1 heterocycles. The van der Waals surface area contributed by atoms with Crippen molar-refractivity contribution in [2.45, 2.75) is 6.92 Å². The third-order valence-electron chi connectivity index (χ3n) is 3.34. The van der Waals surface area contributed by atoms with Gasteiger partial charge in [0.15, 0.2) is 0 Å². The van der Waals surface area contributed by atoms with E-state index < -0.39 is 0 Å². The number of fused-ring (bicyclic) bond motifs is 1. The molecule has 2 aromatic rings. The van der Waals surface area contributed by atoms with Crippen LogP contribution in [0.4, 0.5) is 11.4 Å². The maximum Gasteiger partial charge on any atom is 0.138 e. The van der Waals surface area contributed by atoms with Crippen LogP contribution in [0.1, 0.15) is 11.1 Å². The summed E-state index contributed by atoms with van der Waals surface area (Å²) in [6.07, 6.45) is 0. The van der Waals surface area contributed by atoms with E-state index in [1.54, 1.807) is 0 Å². The molecule has 3 rings (SSSR count). The lowest BCUT2D eigenvalue weighted by atomic mass is 10.1. The Morgan fingerprint density at radius 3 is 2.37 bits per heavy atom. The van der Waals surface area contributed by atoms with E-state index in [-0.39, 0.29) is 0 Å². The lowest BCUT2D eigenvalue weighted by molar-refractivity contribution is -0.0101. The molecule has 0 amide bonds. The fourth-order valence-electron chi connectivity index (χ4n) is 2.38. The van der Waals surface area contributed by atoms with Crippen LogP contribution in [-0.2, 0) is 0 Å². The number of rotatable bonds is 1. The number of thiocarbonyl (C=S) groups is 1. The first-order valence-electron chi connectivity index (χ1n) is 6.11. The smallest absolute Gasteiger partial charge is 0.138 e. The average molecular weight is 270 g/mol. The predicted octanol–water partition coefficient (Wildman–Crippen LogP) is 3.47. The van der Waals surface area contributed by atoms with Crippen LogP contribution in [0, 0.1) is 6.92 Å². The fourth-order valence-corrected chi connectivity index (χ4v) is 2.61. The van der Waals surface area contributed by atoms with E-state index in [1.165, 1.54) is 5.56 Å². The number of anilines is 2. The molecule has 0 aromatic heterocycles. The van der Waals surface area contributed by atoms with Crippen LogP contribution in [0.5, 0.6) is 0 Å². The molecule has 0 radical (unpaired) electrons. The molecule has 0 bridgehead atoms. The van der Waals surface area contributed by atoms with Crippen molar-refractivity contribution in [2.24, 2.45) is 0 Å². The molecule has 0 saturated heterocycles. The Kier molecular flexibility index (Phi) is 2.97. The summed E-state index contributed by atoms with van der Waals surface area (Å²) in [6, 6.07) is 16.0. The van der Waals surface area contributed by atoms with E-state index in [1.807, 2.05) is 42.5 Å². The first kappa shape index (κ1) is 12.1. The Bertz CT molecular complexity index is 642. The van der Waals surface area contributed by atoms with Gasteiger partial charge in [0.25, 0.3) is 0 Å². The SMILES string of the molecule is Cc1ccccc1N1CN(O)C(=S)c2ccccc21. The second-order valence-corrected chi connectivity index (χ2v) is 4.96. The van der Waals surface area contributed by atoms with Gasteiger partial charge in [-0.25, -0.2) is 5.06 Å². The van der Waals surface area contributed by atoms with Gasteiger partial charge >= 0.3 is 0 Å². The molecule has 2 aromatic carbocycles. The zero-order valence-corrected chi connectivity index (χ0v) is 11.4. The van der Waals surface area contributed by atoms with Crippen molar-refractivity contribution in [2.75, 3.05) is 11.6 Å². The molecule has 0 unspecified atom stereocenters. The molecule has 0 fully saturated rings. The van der Waals surface area contributed by atoms with Gasteiger partial charge in [0.05, 0.1) is 5.69 Å². The summed E-state index contributed by atoms with van der Waals surface area (Å²) in [5, 5.41) is 11.1. The first-order valence-corrected chi connectivity index (χ1v) is 6.52. The van der Waals surface area contributed by atoms with Crippen LogP contribution in [0.15, 0.2) is 48.5 Å². The van der Waals surface area contributed by atoms with Crippen molar-refractivity contribution in [3.8, 4) is 0 Å². The normalized spacial score (nSPS) is 14.5. The topological polar surface area (TPSA) is 26.7 Å². The van der Waals surface area contributed by atoms with Crippen molar-refractivity contribution in [1.29, 1.82) is 0 Å². The van der Waals surface area contributed by atoms with Crippen LogP contribution in [-0.4, -0.2) is 21.9 Å². The number of hydrogen-bond acceptors (Lipinski definition) is 3. The minimum Gasteiger partial charge on any atom is -0.320 e. The molecule has 3 nitrogen and oxygen atoms in total. The Morgan fingerprint density at radius 1 is 1.00 bits per heavy atom. The van der Waals surface area contributed by atoms with Gasteiger partial charge in [-0.3, -0.25) is 5.21 Å². The van der Waals surface area contributed by atoms with Crippen molar-refractivity contribution >= 4 is 28.6 Å². The van der Waals surface area contributed by atoms with Gasteiger partial charge in [0.1, 0.15) is 11.7 Å². The van der Waals surface area contributed by atoms with Crippen molar-refractivity contribution in [3.63, 3.8) is 0 Å². The second kappa shape index (κ2) is 4.64. The van der Waals surface area contributed by atoms with Crippen molar-refractivity contribution in [1.82, 2.24) is 5.06 Å². The Balaban J connectivity index is 2.16. The van der Waals surface area contributed by atoms with Crippen LogP contribution in [0.3, 0.4) is 0 Å². The largest absolute Gasteiger partial charge is 0.320 e. The first-order chi connectivity index (χ1) is 9.18. The molecule has 1 aliphatic heterocycles. The van der Waals surface area contributed by atoms with E-state index in [2.05, 4.69) is 17.9 Å². The third kappa shape index (κ3) is 1.99. The maximum atomic E-state index is 10.00. The Morgan fingerprint density at radius 2 is 1.63 bits per heavy atom. The summed E-state index contributed by atoms with van der Waals surface area (Å²) >= 11 is 5.27. The van der Waals surface area contributed by atoms with Gasteiger partial charge < -0.3 is 4.90 Å². The molecule has 0 atom stereocenters. The van der Waals surface area contributed by atoms with Crippen LogP contribution in [0.2, 0.25) is 0 Å². The molecule has 19 heavy (non-hydrogen) atoms. The Labute approximate surface area is 117 Å². The summed E-state index contributed by atoms with van der Waals surface area (Å²) in [5.74, 6) is 0. The third-order valence-corrected chi connectivity index (χ3v) is 3.77. The van der Waals surface area contributed by atoms with E-state index in [4.69, 9.17) is 12.2 Å². The maximum absolute atomic E-state index is 10.00. The standard InChI is InChI=1S/C15H14N2OS/c1-11-6-2-4-8-13(11)16-10-17(18)15(19)12-7-3-5-9-14(12)16/h2-9,18H,10H2,1H3. The lowest BCUT2D eigenvalue weighted by Gasteiger charge is -2.37. The molecular formula is C15H14N2OS. The average Bonchev–Trinajstić information content (AvgIpc) is 2.44. The number of para-hydroxylation sites is 2. The highest BCUT2D eigenvalue weighted by atomic mass is 32.1. The van der Waals surface area contributed by atoms with Gasteiger partial charge in [-0.05, 0) is 30.7 Å². The van der Waals surface area contributed by atoms with Crippen LogP contribution < -0.4 is 4.90 Å². The van der Waals surface area contributed by atoms with E-state index in [0.717, 1.165) is 22.0 Å². The zero-order chi connectivity index (χ0) is 13.4. The molecule has 0 spiro atoms. The second-order valence-electron chi connectivity index (χ2n) is 4.58. The number of benzene rings is 2. The van der Waals surface area contributed by atoms with E-state index in [9.17, 15) is 5.21 Å². The summed E-state index contributed by atoms with van der Waals surface area (Å²) < 4.78 is 0. The van der Waals surface area contributed by atoms with Gasteiger partial charge in [-0.15, -0.1) is 0 Å². The molecule has 1 N–H and O–H groups in total. The summed E-state index contributed by atoms with van der Waals surface area (Å²) in [7, 11) is 0. The monoisotopic (exact) mass is 270 g/mol. The summed E-state index contributed by atoms with van der Waals surface area (Å²) in [5.41, 5.74) is 4.16. The zero-order valence-electron chi connectivity index (χ0n) is 10.6. The minimum absolute atomic E-state index is 0.348. The quantitative estimate of drug-likeness (QED) is 0.803. The van der Waals surface area contributed by atoms with Gasteiger partial charge in [-0.1, -0.05) is 42.5 Å². The van der Waals surface area contributed by atoms with Crippen LogP contribution in [0.25, 0.3) is 0 Å². The highest BCUT2D eigenvalue weighted by Gasteiger charge is 2.26. The summed E-state index contributed by atoms with van der Waals surface area (Å²) in [4.78, 5) is 2.54. The lowest BCUT2D eigenvalue weighted by Crippen LogP contribution is -2.42. The molecule has 4 heteroatoms. The fraction of sp³-hybridized carbons (Fsp3) is 0.133. The van der Waals surface area contributed by atoms with E-state index in [0.29, 0.717) is 11.7 Å². The highest BCUT2D eigenvalue weighted by molar-refractivity contribution is 7.80. The van der Waals surface area contributed by atoms with Gasteiger partial charge in [-0.2, -0.15) is 0 Å². The number of hydroxylamine groups is 2. The molecule has 96 valence electrons. The van der Waals surface area contributed by atoms with Crippen LogP contribution >= 0.6 is 12.2 Å². The number of nitrogens with zero attached hydrogens (tertiary/aromatic N) is 2. The molecule has 0 aliphatic carbocycles.